The van der Waals surface area contributed by atoms with Crippen LogP contribution in [0.15, 0.2) is 47.8 Å². The van der Waals surface area contributed by atoms with Gasteiger partial charge in [-0.25, -0.2) is 9.37 Å². The first-order valence-corrected chi connectivity index (χ1v) is 9.53. The Hall–Kier alpha value is -2.77. The summed E-state index contributed by atoms with van der Waals surface area (Å²) in [6.07, 6.45) is 0. The van der Waals surface area contributed by atoms with Crippen molar-refractivity contribution in [3.05, 3.63) is 64.1 Å². The van der Waals surface area contributed by atoms with E-state index in [2.05, 4.69) is 10.3 Å². The summed E-state index contributed by atoms with van der Waals surface area (Å²) in [5, 5.41) is 5.47. The van der Waals surface area contributed by atoms with E-state index in [0.717, 1.165) is 21.5 Å². The van der Waals surface area contributed by atoms with E-state index >= 15 is 0 Å². The maximum atomic E-state index is 13.4. The molecule has 0 unspecified atom stereocenters. The molecule has 0 bridgehead atoms. The summed E-state index contributed by atoms with van der Waals surface area (Å²) >= 11 is 2.84. The topological polar surface area (TPSA) is 68.0 Å². The molecular weight excluding hydrogens is 369 g/mol. The monoisotopic (exact) mass is 383 g/mol. The number of nitrogens with zero attached hydrogens (tertiary/aromatic N) is 1. The van der Waals surface area contributed by atoms with E-state index in [1.165, 1.54) is 23.5 Å². The van der Waals surface area contributed by atoms with Crippen molar-refractivity contribution in [3.63, 3.8) is 0 Å². The summed E-state index contributed by atoms with van der Waals surface area (Å²) in [7, 11) is 0. The van der Waals surface area contributed by atoms with E-state index in [1.54, 1.807) is 24.3 Å². The lowest BCUT2D eigenvalue weighted by Gasteiger charge is -2.07. The van der Waals surface area contributed by atoms with Gasteiger partial charge in [-0.05, 0) is 48.2 Å². The summed E-state index contributed by atoms with van der Waals surface area (Å²) in [6, 6.07) is 12.0. The SMILES string of the molecule is Cc1ccc(F)cc1NC(=O)c1sc2nc(-c3cccs3)ccc2c1N. The number of carbonyl (C=O) groups is 1. The van der Waals surface area contributed by atoms with Gasteiger partial charge in [0.05, 0.1) is 16.3 Å². The number of halogens is 1. The Kier molecular flexibility index (Phi) is 4.18. The summed E-state index contributed by atoms with van der Waals surface area (Å²) in [5.41, 5.74) is 8.61. The zero-order valence-electron chi connectivity index (χ0n) is 13.7. The quantitative estimate of drug-likeness (QED) is 0.504. The fraction of sp³-hybridized carbons (Fsp3) is 0.0526. The molecule has 0 saturated heterocycles. The van der Waals surface area contributed by atoms with Crippen LogP contribution >= 0.6 is 22.7 Å². The normalized spacial score (nSPS) is 11.0. The van der Waals surface area contributed by atoms with Gasteiger partial charge in [-0.1, -0.05) is 12.1 Å². The second-order valence-corrected chi connectivity index (χ2v) is 7.73. The van der Waals surface area contributed by atoms with Crippen LogP contribution in [0.3, 0.4) is 0 Å². The highest BCUT2D eigenvalue weighted by molar-refractivity contribution is 7.21. The van der Waals surface area contributed by atoms with Gasteiger partial charge >= 0.3 is 0 Å². The molecule has 3 aromatic heterocycles. The van der Waals surface area contributed by atoms with Gasteiger partial charge in [-0.15, -0.1) is 22.7 Å². The molecule has 3 heterocycles. The van der Waals surface area contributed by atoms with E-state index in [0.29, 0.717) is 21.1 Å². The van der Waals surface area contributed by atoms with Gasteiger partial charge in [-0.2, -0.15) is 0 Å². The number of nitrogens with one attached hydrogen (secondary N) is 1. The molecule has 0 fully saturated rings. The molecule has 1 amide bonds. The number of nitrogens with two attached hydrogens (primary N) is 1. The van der Waals surface area contributed by atoms with Crippen LogP contribution in [0.5, 0.6) is 0 Å². The van der Waals surface area contributed by atoms with Crippen molar-refractivity contribution < 1.29 is 9.18 Å². The van der Waals surface area contributed by atoms with Crippen molar-refractivity contribution in [3.8, 4) is 10.6 Å². The first-order chi connectivity index (χ1) is 12.5. The molecule has 4 nitrogen and oxygen atoms in total. The number of hydrogen-bond acceptors (Lipinski definition) is 5. The zero-order chi connectivity index (χ0) is 18.3. The van der Waals surface area contributed by atoms with Crippen LogP contribution in [0.4, 0.5) is 15.8 Å². The average Bonchev–Trinajstić information content (AvgIpc) is 3.26. The number of aromatic nitrogens is 1. The van der Waals surface area contributed by atoms with Gasteiger partial charge in [0.15, 0.2) is 0 Å². The van der Waals surface area contributed by atoms with E-state index in [-0.39, 0.29) is 5.91 Å². The van der Waals surface area contributed by atoms with Crippen molar-refractivity contribution in [2.75, 3.05) is 11.1 Å². The van der Waals surface area contributed by atoms with Gasteiger partial charge in [0.25, 0.3) is 5.91 Å². The van der Waals surface area contributed by atoms with E-state index < -0.39 is 5.82 Å². The lowest BCUT2D eigenvalue weighted by atomic mass is 10.2. The Balaban J connectivity index is 1.71. The predicted molar refractivity (Wildman–Crippen MR) is 106 cm³/mol. The molecule has 0 atom stereocenters. The molecule has 4 aromatic rings. The second kappa shape index (κ2) is 6.51. The van der Waals surface area contributed by atoms with Crippen molar-refractivity contribution in [1.82, 2.24) is 4.98 Å². The van der Waals surface area contributed by atoms with Gasteiger partial charge in [0, 0.05) is 11.1 Å². The fourth-order valence-electron chi connectivity index (χ4n) is 2.64. The first kappa shape index (κ1) is 16.7. The van der Waals surface area contributed by atoms with Crippen LogP contribution in [0.2, 0.25) is 0 Å². The van der Waals surface area contributed by atoms with Crippen LogP contribution in [0, 0.1) is 12.7 Å². The minimum absolute atomic E-state index is 0.364. The number of anilines is 2. The van der Waals surface area contributed by atoms with E-state index in [1.807, 2.05) is 29.6 Å². The Morgan fingerprint density at radius 2 is 2.08 bits per heavy atom. The molecule has 1 aromatic carbocycles. The number of aryl methyl sites for hydroxylation is 1. The molecule has 7 heteroatoms. The molecule has 26 heavy (non-hydrogen) atoms. The minimum atomic E-state index is -0.405. The molecule has 130 valence electrons. The van der Waals surface area contributed by atoms with Crippen molar-refractivity contribution >= 4 is 50.2 Å². The molecule has 4 rings (SSSR count). The molecule has 0 saturated carbocycles. The lowest BCUT2D eigenvalue weighted by Crippen LogP contribution is -2.13. The van der Waals surface area contributed by atoms with Crippen molar-refractivity contribution in [1.29, 1.82) is 0 Å². The molecule has 3 N–H and O–H groups in total. The van der Waals surface area contributed by atoms with Gasteiger partial charge in [0.1, 0.15) is 15.5 Å². The number of amides is 1. The first-order valence-electron chi connectivity index (χ1n) is 7.83. The zero-order valence-corrected chi connectivity index (χ0v) is 15.4. The standard InChI is InChI=1S/C19H14FN3OS2/c1-10-4-5-11(20)9-14(10)22-18(24)17-16(21)12-6-7-13(23-19(12)26-17)15-3-2-8-25-15/h2-9H,21H2,1H3,(H,22,24). The summed E-state index contributed by atoms with van der Waals surface area (Å²) in [5.74, 6) is -0.769. The summed E-state index contributed by atoms with van der Waals surface area (Å²) in [6.45, 7) is 1.80. The smallest absolute Gasteiger partial charge is 0.267 e. The van der Waals surface area contributed by atoms with Gasteiger partial charge in [-0.3, -0.25) is 4.79 Å². The Bertz CT molecular complexity index is 1120. The number of fused-ring (bicyclic) bond motifs is 1. The third-order valence-electron chi connectivity index (χ3n) is 4.02. The Morgan fingerprint density at radius 1 is 1.23 bits per heavy atom. The Labute approximate surface area is 157 Å². The highest BCUT2D eigenvalue weighted by atomic mass is 32.1. The van der Waals surface area contributed by atoms with E-state index in [9.17, 15) is 9.18 Å². The van der Waals surface area contributed by atoms with Crippen molar-refractivity contribution in [2.24, 2.45) is 0 Å². The lowest BCUT2D eigenvalue weighted by molar-refractivity contribution is 0.103. The molecular formula is C19H14FN3OS2. The molecule has 0 radical (unpaired) electrons. The highest BCUT2D eigenvalue weighted by Gasteiger charge is 2.19. The summed E-state index contributed by atoms with van der Waals surface area (Å²) < 4.78 is 13.4. The van der Waals surface area contributed by atoms with Crippen LogP contribution in [0.1, 0.15) is 15.2 Å². The number of benzene rings is 1. The van der Waals surface area contributed by atoms with Crippen molar-refractivity contribution in [2.45, 2.75) is 6.92 Å². The largest absolute Gasteiger partial charge is 0.397 e. The highest BCUT2D eigenvalue weighted by Crippen LogP contribution is 2.35. The molecule has 0 aliphatic rings. The maximum absolute atomic E-state index is 13.4. The van der Waals surface area contributed by atoms with Crippen LogP contribution in [0.25, 0.3) is 20.8 Å². The number of nitrogen functional groups attached to an aromatic ring is 1. The third-order valence-corrected chi connectivity index (χ3v) is 6.03. The average molecular weight is 383 g/mol. The number of hydrogen-bond donors (Lipinski definition) is 2. The van der Waals surface area contributed by atoms with Crippen LogP contribution < -0.4 is 11.1 Å². The minimum Gasteiger partial charge on any atom is -0.397 e. The number of thiophene rings is 2. The third kappa shape index (κ3) is 2.95. The molecule has 0 aliphatic carbocycles. The number of pyridine rings is 1. The second-order valence-electron chi connectivity index (χ2n) is 5.78. The predicted octanol–water partition coefficient (Wildman–Crippen LogP) is 5.31. The fourth-order valence-corrected chi connectivity index (χ4v) is 4.32. The van der Waals surface area contributed by atoms with Crippen LogP contribution in [-0.2, 0) is 0 Å². The van der Waals surface area contributed by atoms with Crippen LogP contribution in [-0.4, -0.2) is 10.9 Å². The maximum Gasteiger partial charge on any atom is 0.267 e. The summed E-state index contributed by atoms with van der Waals surface area (Å²) in [4.78, 5) is 19.4. The Morgan fingerprint density at radius 3 is 2.85 bits per heavy atom. The van der Waals surface area contributed by atoms with Gasteiger partial charge < -0.3 is 11.1 Å². The molecule has 0 aliphatic heterocycles. The molecule has 0 spiro atoms. The number of rotatable bonds is 3. The van der Waals surface area contributed by atoms with E-state index in [4.69, 9.17) is 5.73 Å². The number of carbonyl (C=O) groups excluding carboxylic acids is 1. The van der Waals surface area contributed by atoms with Gasteiger partial charge in [0.2, 0.25) is 0 Å².